The standard InChI is InChI=1S/C15H15ClN2O3/c16-11-3-1-2-10(8-11)13-9-14(21-17-13)15(20)18(6-7-19)12-4-5-12/h1-3,8-9,12,19H,4-7H2. The van der Waals surface area contributed by atoms with E-state index in [0.717, 1.165) is 18.4 Å². The van der Waals surface area contributed by atoms with Crippen LogP contribution in [0.25, 0.3) is 11.3 Å². The second-order valence-corrected chi connectivity index (χ2v) is 5.48. The van der Waals surface area contributed by atoms with Gasteiger partial charge in [0.1, 0.15) is 5.69 Å². The molecule has 1 aromatic heterocycles. The van der Waals surface area contributed by atoms with E-state index in [2.05, 4.69) is 5.16 Å². The van der Waals surface area contributed by atoms with Crippen molar-refractivity contribution < 1.29 is 14.4 Å². The van der Waals surface area contributed by atoms with Gasteiger partial charge in [-0.25, -0.2) is 0 Å². The highest BCUT2D eigenvalue weighted by atomic mass is 35.5. The number of hydrogen-bond acceptors (Lipinski definition) is 4. The van der Waals surface area contributed by atoms with Gasteiger partial charge in [-0.2, -0.15) is 0 Å². The van der Waals surface area contributed by atoms with Crippen LogP contribution in [0.1, 0.15) is 23.4 Å². The third kappa shape index (κ3) is 3.09. The Morgan fingerprint density at radius 3 is 2.90 bits per heavy atom. The van der Waals surface area contributed by atoms with Crippen LogP contribution in [0.15, 0.2) is 34.9 Å². The lowest BCUT2D eigenvalue weighted by Gasteiger charge is -2.19. The van der Waals surface area contributed by atoms with Gasteiger partial charge in [0, 0.05) is 29.2 Å². The minimum absolute atomic E-state index is 0.0580. The number of halogens is 1. The SMILES string of the molecule is O=C(c1cc(-c2cccc(Cl)c2)no1)N(CCO)C1CC1. The number of nitrogens with zero attached hydrogens (tertiary/aromatic N) is 2. The van der Waals surface area contributed by atoms with Crippen LogP contribution in [0.3, 0.4) is 0 Å². The smallest absolute Gasteiger partial charge is 0.292 e. The van der Waals surface area contributed by atoms with Crippen LogP contribution in [0, 0.1) is 0 Å². The summed E-state index contributed by atoms with van der Waals surface area (Å²) in [5.74, 6) is -0.0438. The van der Waals surface area contributed by atoms with E-state index in [-0.39, 0.29) is 24.3 Å². The molecule has 1 fully saturated rings. The predicted molar refractivity (Wildman–Crippen MR) is 78.1 cm³/mol. The lowest BCUT2D eigenvalue weighted by molar-refractivity contribution is 0.0666. The van der Waals surface area contributed by atoms with E-state index in [4.69, 9.17) is 21.2 Å². The number of amides is 1. The van der Waals surface area contributed by atoms with Gasteiger partial charge >= 0.3 is 0 Å². The van der Waals surface area contributed by atoms with Crippen LogP contribution in [0.5, 0.6) is 0 Å². The largest absolute Gasteiger partial charge is 0.395 e. The number of aromatic nitrogens is 1. The molecule has 1 heterocycles. The maximum absolute atomic E-state index is 12.4. The van der Waals surface area contributed by atoms with Crippen LogP contribution in [0.2, 0.25) is 5.02 Å². The van der Waals surface area contributed by atoms with E-state index in [0.29, 0.717) is 17.3 Å². The number of carbonyl (C=O) groups is 1. The van der Waals surface area contributed by atoms with Gasteiger partial charge in [0.2, 0.25) is 5.76 Å². The van der Waals surface area contributed by atoms with Crippen molar-refractivity contribution in [2.45, 2.75) is 18.9 Å². The van der Waals surface area contributed by atoms with E-state index < -0.39 is 0 Å². The van der Waals surface area contributed by atoms with Crippen molar-refractivity contribution >= 4 is 17.5 Å². The topological polar surface area (TPSA) is 66.6 Å². The normalized spacial score (nSPS) is 14.2. The van der Waals surface area contributed by atoms with Crippen molar-refractivity contribution in [1.29, 1.82) is 0 Å². The number of rotatable bonds is 5. The zero-order chi connectivity index (χ0) is 14.8. The second kappa shape index (κ2) is 5.87. The van der Waals surface area contributed by atoms with Crippen molar-refractivity contribution in [3.8, 4) is 11.3 Å². The van der Waals surface area contributed by atoms with Crippen molar-refractivity contribution in [2.75, 3.05) is 13.2 Å². The molecule has 0 atom stereocenters. The zero-order valence-corrected chi connectivity index (χ0v) is 12.1. The molecule has 110 valence electrons. The maximum atomic E-state index is 12.4. The van der Waals surface area contributed by atoms with Gasteiger partial charge in [0.25, 0.3) is 5.91 Å². The molecular formula is C15H15ClN2O3. The quantitative estimate of drug-likeness (QED) is 0.922. The van der Waals surface area contributed by atoms with E-state index in [1.807, 2.05) is 12.1 Å². The van der Waals surface area contributed by atoms with Crippen molar-refractivity contribution in [3.05, 3.63) is 41.1 Å². The molecule has 2 aromatic rings. The highest BCUT2D eigenvalue weighted by molar-refractivity contribution is 6.30. The van der Waals surface area contributed by atoms with Gasteiger partial charge in [-0.3, -0.25) is 4.79 Å². The zero-order valence-electron chi connectivity index (χ0n) is 11.3. The third-order valence-corrected chi connectivity index (χ3v) is 3.67. The van der Waals surface area contributed by atoms with Gasteiger partial charge in [0.05, 0.1) is 6.61 Å². The summed E-state index contributed by atoms with van der Waals surface area (Å²) in [6.45, 7) is 0.258. The Balaban J connectivity index is 1.82. The van der Waals surface area contributed by atoms with Crippen LogP contribution < -0.4 is 0 Å². The first-order valence-corrected chi connectivity index (χ1v) is 7.21. The van der Waals surface area contributed by atoms with Crippen LogP contribution in [-0.4, -0.2) is 40.3 Å². The Morgan fingerprint density at radius 2 is 2.24 bits per heavy atom. The number of carbonyl (C=O) groups excluding carboxylic acids is 1. The first-order chi connectivity index (χ1) is 10.2. The summed E-state index contributed by atoms with van der Waals surface area (Å²) < 4.78 is 5.16. The van der Waals surface area contributed by atoms with Crippen LogP contribution >= 0.6 is 11.6 Å². The number of aliphatic hydroxyl groups excluding tert-OH is 1. The molecular weight excluding hydrogens is 292 g/mol. The summed E-state index contributed by atoms with van der Waals surface area (Å²) in [5.41, 5.74) is 1.37. The summed E-state index contributed by atoms with van der Waals surface area (Å²) in [6.07, 6.45) is 1.95. The van der Waals surface area contributed by atoms with Gasteiger partial charge < -0.3 is 14.5 Å². The molecule has 0 bridgehead atoms. The average Bonchev–Trinajstić information content (AvgIpc) is 3.20. The van der Waals surface area contributed by atoms with E-state index in [1.54, 1.807) is 23.1 Å². The molecule has 3 rings (SSSR count). The number of hydrogen-bond donors (Lipinski definition) is 1. The fraction of sp³-hybridized carbons (Fsp3) is 0.333. The molecule has 0 unspecified atom stereocenters. The predicted octanol–water partition coefficient (Wildman–Crippen LogP) is 2.59. The van der Waals surface area contributed by atoms with Crippen molar-refractivity contribution in [2.24, 2.45) is 0 Å². The van der Waals surface area contributed by atoms with Crippen LogP contribution in [0.4, 0.5) is 0 Å². The summed E-state index contributed by atoms with van der Waals surface area (Å²) >= 11 is 5.94. The lowest BCUT2D eigenvalue weighted by Crippen LogP contribution is -2.35. The van der Waals surface area contributed by atoms with Gasteiger partial charge in [0.15, 0.2) is 0 Å². The van der Waals surface area contributed by atoms with Gasteiger partial charge in [-0.05, 0) is 25.0 Å². The van der Waals surface area contributed by atoms with E-state index in [9.17, 15) is 4.79 Å². The first kappa shape index (κ1) is 14.1. The minimum atomic E-state index is -0.229. The Morgan fingerprint density at radius 1 is 1.43 bits per heavy atom. The molecule has 1 aliphatic carbocycles. The van der Waals surface area contributed by atoms with E-state index >= 15 is 0 Å². The summed E-state index contributed by atoms with van der Waals surface area (Å²) in [5, 5.41) is 13.6. The Kier molecular flexibility index (Phi) is 3.94. The van der Waals surface area contributed by atoms with Crippen molar-refractivity contribution in [1.82, 2.24) is 10.1 Å². The monoisotopic (exact) mass is 306 g/mol. The minimum Gasteiger partial charge on any atom is -0.395 e. The summed E-state index contributed by atoms with van der Waals surface area (Å²) in [4.78, 5) is 14.0. The second-order valence-electron chi connectivity index (χ2n) is 5.04. The molecule has 0 radical (unpaired) electrons. The molecule has 1 aliphatic rings. The third-order valence-electron chi connectivity index (χ3n) is 3.43. The maximum Gasteiger partial charge on any atom is 0.292 e. The number of benzene rings is 1. The molecule has 1 amide bonds. The van der Waals surface area contributed by atoms with Crippen LogP contribution in [-0.2, 0) is 0 Å². The number of aliphatic hydroxyl groups is 1. The fourth-order valence-electron chi connectivity index (χ4n) is 2.25. The Labute approximate surface area is 127 Å². The molecule has 5 nitrogen and oxygen atoms in total. The summed E-state index contributed by atoms with van der Waals surface area (Å²) in [6, 6.07) is 9.03. The highest BCUT2D eigenvalue weighted by Crippen LogP contribution is 2.29. The molecule has 1 aromatic carbocycles. The first-order valence-electron chi connectivity index (χ1n) is 6.83. The molecule has 0 spiro atoms. The lowest BCUT2D eigenvalue weighted by atomic mass is 10.1. The molecule has 1 N–H and O–H groups in total. The Bertz CT molecular complexity index is 652. The average molecular weight is 307 g/mol. The highest BCUT2D eigenvalue weighted by Gasteiger charge is 2.34. The van der Waals surface area contributed by atoms with E-state index in [1.165, 1.54) is 0 Å². The molecule has 6 heteroatoms. The fourth-order valence-corrected chi connectivity index (χ4v) is 2.44. The van der Waals surface area contributed by atoms with Gasteiger partial charge in [-0.1, -0.05) is 28.9 Å². The Hall–Kier alpha value is -1.85. The molecule has 1 saturated carbocycles. The van der Waals surface area contributed by atoms with Crippen molar-refractivity contribution in [3.63, 3.8) is 0 Å². The van der Waals surface area contributed by atoms with Gasteiger partial charge in [-0.15, -0.1) is 0 Å². The summed E-state index contributed by atoms with van der Waals surface area (Å²) in [7, 11) is 0. The molecule has 0 saturated heterocycles. The molecule has 0 aliphatic heterocycles. The molecule has 21 heavy (non-hydrogen) atoms.